The molecule has 2 aromatic carbocycles. The number of alkyl halides is 3. The third-order valence-electron chi connectivity index (χ3n) is 6.92. The second kappa shape index (κ2) is 11.2. The molecule has 38 heavy (non-hydrogen) atoms. The molecule has 0 bridgehead atoms. The van der Waals surface area contributed by atoms with E-state index >= 15 is 0 Å². The summed E-state index contributed by atoms with van der Waals surface area (Å²) in [5, 5.41) is 0.678. The summed E-state index contributed by atoms with van der Waals surface area (Å²) in [5.74, 6) is 1.61. The molecule has 6 nitrogen and oxygen atoms in total. The number of nitrogens with zero attached hydrogens (tertiary/aromatic N) is 5. The molecule has 0 unspecified atom stereocenters. The van der Waals surface area contributed by atoms with Crippen LogP contribution in [0.5, 0.6) is 0 Å². The fourth-order valence-corrected chi connectivity index (χ4v) is 5.67. The summed E-state index contributed by atoms with van der Waals surface area (Å²) in [7, 11) is 0. The molecule has 0 radical (unpaired) electrons. The number of aryl methyl sites for hydroxylation is 1. The molecule has 3 aromatic rings. The molecule has 1 aromatic heterocycles. The van der Waals surface area contributed by atoms with Crippen LogP contribution in [-0.4, -0.2) is 60.0 Å². The monoisotopic (exact) mass is 541 g/mol. The summed E-state index contributed by atoms with van der Waals surface area (Å²) in [4.78, 5) is 28.0. The van der Waals surface area contributed by atoms with Crippen molar-refractivity contribution in [3.05, 3.63) is 77.0 Å². The molecule has 5 rings (SSSR count). The average molecular weight is 542 g/mol. The van der Waals surface area contributed by atoms with Crippen LogP contribution in [-0.2, 0) is 11.9 Å². The Bertz CT molecular complexity index is 1270. The Kier molecular flexibility index (Phi) is 7.78. The normalized spacial score (nSPS) is 16.3. The summed E-state index contributed by atoms with van der Waals surface area (Å²) in [5.41, 5.74) is 2.64. The van der Waals surface area contributed by atoms with Crippen molar-refractivity contribution in [1.82, 2.24) is 14.9 Å². The van der Waals surface area contributed by atoms with E-state index < -0.39 is 11.7 Å². The zero-order chi connectivity index (χ0) is 26.7. The zero-order valence-electron chi connectivity index (χ0n) is 21.2. The van der Waals surface area contributed by atoms with E-state index in [1.165, 1.54) is 12.1 Å². The van der Waals surface area contributed by atoms with E-state index in [9.17, 15) is 18.0 Å². The number of piperazine rings is 1. The van der Waals surface area contributed by atoms with Gasteiger partial charge in [-0.15, -0.1) is 0 Å². The second-order valence-electron chi connectivity index (χ2n) is 9.66. The fourth-order valence-electron chi connectivity index (χ4n) is 4.82. The van der Waals surface area contributed by atoms with Crippen molar-refractivity contribution in [3.8, 4) is 0 Å². The largest absolute Gasteiger partial charge is 0.416 e. The molecule has 2 fully saturated rings. The summed E-state index contributed by atoms with van der Waals surface area (Å²) in [6.45, 7) is 6.14. The minimum Gasteiger partial charge on any atom is -0.368 e. The lowest BCUT2D eigenvalue weighted by Crippen LogP contribution is -2.47. The topological polar surface area (TPSA) is 52.6 Å². The Morgan fingerprint density at radius 2 is 1.58 bits per heavy atom. The maximum Gasteiger partial charge on any atom is 0.416 e. The summed E-state index contributed by atoms with van der Waals surface area (Å²) >= 11 is 1.55. The van der Waals surface area contributed by atoms with E-state index in [-0.39, 0.29) is 5.91 Å². The maximum absolute atomic E-state index is 13.1. The lowest BCUT2D eigenvalue weighted by molar-refractivity contribution is -0.137. The Morgan fingerprint density at radius 1 is 0.895 bits per heavy atom. The molecule has 2 aliphatic rings. The van der Waals surface area contributed by atoms with E-state index in [0.29, 0.717) is 42.8 Å². The molecule has 2 saturated heterocycles. The molecular weight excluding hydrogens is 511 g/mol. The van der Waals surface area contributed by atoms with Crippen LogP contribution in [0.1, 0.15) is 40.0 Å². The third-order valence-corrected chi connectivity index (χ3v) is 7.84. The Hall–Kier alpha value is -3.27. The molecule has 200 valence electrons. The number of hydrogen-bond acceptors (Lipinski definition) is 6. The highest BCUT2D eigenvalue weighted by molar-refractivity contribution is 7.98. The quantitative estimate of drug-likeness (QED) is 0.297. The van der Waals surface area contributed by atoms with Gasteiger partial charge in [0.25, 0.3) is 5.91 Å². The number of benzene rings is 2. The van der Waals surface area contributed by atoms with E-state index in [1.54, 1.807) is 17.8 Å². The van der Waals surface area contributed by atoms with Gasteiger partial charge in [-0.05, 0) is 55.7 Å². The van der Waals surface area contributed by atoms with Crippen LogP contribution in [0.25, 0.3) is 0 Å². The molecule has 1 amide bonds. The number of carbonyl (C=O) groups excluding carboxylic acids is 1. The number of rotatable bonds is 6. The van der Waals surface area contributed by atoms with E-state index in [1.807, 2.05) is 47.1 Å². The number of amides is 1. The predicted molar refractivity (Wildman–Crippen MR) is 144 cm³/mol. The molecule has 0 N–H and O–H groups in total. The van der Waals surface area contributed by atoms with Crippen molar-refractivity contribution >= 4 is 29.2 Å². The average Bonchev–Trinajstić information content (AvgIpc) is 3.46. The predicted octanol–water partition coefficient (Wildman–Crippen LogP) is 5.66. The SMILES string of the molecule is Cc1cc(N2CCN(c3cccc(C(F)(F)F)c3)CC2)nc(SCc2ccc(C(=O)N3CCCC3)cc2)n1. The van der Waals surface area contributed by atoms with Gasteiger partial charge in [0.15, 0.2) is 5.16 Å². The Morgan fingerprint density at radius 3 is 2.26 bits per heavy atom. The van der Waals surface area contributed by atoms with Crippen LogP contribution in [0, 0.1) is 6.92 Å². The first-order valence-corrected chi connectivity index (χ1v) is 13.8. The van der Waals surface area contributed by atoms with Gasteiger partial charge in [0.05, 0.1) is 5.56 Å². The van der Waals surface area contributed by atoms with Gasteiger partial charge in [0, 0.05) is 68.0 Å². The van der Waals surface area contributed by atoms with Crippen LogP contribution in [0.4, 0.5) is 24.7 Å². The van der Waals surface area contributed by atoms with E-state index in [2.05, 4.69) is 9.88 Å². The Balaban J connectivity index is 1.18. The first kappa shape index (κ1) is 26.3. The highest BCUT2D eigenvalue weighted by atomic mass is 32.2. The standard InChI is InChI=1S/C28H30F3N5OS/c1-20-17-25(35-15-13-34(14-16-35)24-6-4-5-23(18-24)28(29,30)31)33-27(32-20)38-19-21-7-9-22(10-8-21)26(37)36-11-2-3-12-36/h4-10,17-18H,2-3,11-16,19H2,1H3. The number of aromatic nitrogens is 2. The first-order valence-electron chi connectivity index (χ1n) is 12.8. The number of halogens is 3. The number of hydrogen-bond donors (Lipinski definition) is 0. The van der Waals surface area contributed by atoms with Gasteiger partial charge in [-0.25, -0.2) is 9.97 Å². The van der Waals surface area contributed by atoms with E-state index in [4.69, 9.17) is 4.98 Å². The van der Waals surface area contributed by atoms with Crippen molar-refractivity contribution in [1.29, 1.82) is 0 Å². The van der Waals surface area contributed by atoms with Crippen molar-refractivity contribution in [2.24, 2.45) is 0 Å². The maximum atomic E-state index is 13.1. The molecule has 0 saturated carbocycles. The second-order valence-corrected chi connectivity index (χ2v) is 10.6. The minimum atomic E-state index is -4.35. The minimum absolute atomic E-state index is 0.0986. The van der Waals surface area contributed by atoms with Gasteiger partial charge in [-0.3, -0.25) is 4.79 Å². The highest BCUT2D eigenvalue weighted by Gasteiger charge is 2.31. The van der Waals surface area contributed by atoms with Gasteiger partial charge >= 0.3 is 6.18 Å². The Labute approximate surface area is 224 Å². The van der Waals surface area contributed by atoms with Gasteiger partial charge in [0.1, 0.15) is 5.82 Å². The molecule has 2 aliphatic heterocycles. The van der Waals surface area contributed by atoms with Crippen molar-refractivity contribution in [2.75, 3.05) is 49.1 Å². The summed E-state index contributed by atoms with van der Waals surface area (Å²) in [6, 6.07) is 15.2. The molecular formula is C28H30F3N5OS. The lowest BCUT2D eigenvalue weighted by atomic mass is 10.1. The number of likely N-dealkylation sites (tertiary alicyclic amines) is 1. The summed E-state index contributed by atoms with van der Waals surface area (Å²) < 4.78 is 39.3. The fraction of sp³-hybridized carbons (Fsp3) is 0.393. The van der Waals surface area contributed by atoms with Gasteiger partial charge < -0.3 is 14.7 Å². The number of thioether (sulfide) groups is 1. The van der Waals surface area contributed by atoms with Crippen LogP contribution in [0.15, 0.2) is 59.8 Å². The van der Waals surface area contributed by atoms with Crippen LogP contribution in [0.2, 0.25) is 0 Å². The molecule has 0 aliphatic carbocycles. The summed E-state index contributed by atoms with van der Waals surface area (Å²) in [6.07, 6.45) is -2.20. The smallest absolute Gasteiger partial charge is 0.368 e. The third kappa shape index (κ3) is 6.23. The lowest BCUT2D eigenvalue weighted by Gasteiger charge is -2.37. The number of anilines is 2. The van der Waals surface area contributed by atoms with Crippen LogP contribution in [0.3, 0.4) is 0 Å². The van der Waals surface area contributed by atoms with Crippen molar-refractivity contribution in [3.63, 3.8) is 0 Å². The first-order chi connectivity index (χ1) is 18.3. The molecule has 3 heterocycles. The molecule has 10 heteroatoms. The number of carbonyl (C=O) groups is 1. The van der Waals surface area contributed by atoms with Crippen LogP contribution >= 0.6 is 11.8 Å². The zero-order valence-corrected chi connectivity index (χ0v) is 22.1. The van der Waals surface area contributed by atoms with Crippen molar-refractivity contribution in [2.45, 2.75) is 36.9 Å². The highest BCUT2D eigenvalue weighted by Crippen LogP contribution is 2.32. The van der Waals surface area contributed by atoms with Gasteiger partial charge in [0.2, 0.25) is 0 Å². The van der Waals surface area contributed by atoms with Gasteiger partial charge in [-0.2, -0.15) is 13.2 Å². The van der Waals surface area contributed by atoms with Crippen molar-refractivity contribution < 1.29 is 18.0 Å². The molecule has 0 atom stereocenters. The van der Waals surface area contributed by atoms with Gasteiger partial charge in [-0.1, -0.05) is 30.0 Å². The van der Waals surface area contributed by atoms with E-state index in [0.717, 1.165) is 54.6 Å². The van der Waals surface area contributed by atoms with Crippen LogP contribution < -0.4 is 9.80 Å². The molecule has 0 spiro atoms.